The number of rotatable bonds is 6. The topological polar surface area (TPSA) is 54.3 Å². The molecule has 2 amide bonds. The average Bonchev–Trinajstić information content (AvgIpc) is 3.31. The van der Waals surface area contributed by atoms with Gasteiger partial charge in [0.25, 0.3) is 5.91 Å². The molecule has 1 aromatic heterocycles. The fourth-order valence-electron chi connectivity index (χ4n) is 3.71. The van der Waals surface area contributed by atoms with Crippen LogP contribution in [-0.2, 0) is 11.3 Å². The van der Waals surface area contributed by atoms with Gasteiger partial charge in [0.1, 0.15) is 0 Å². The van der Waals surface area contributed by atoms with Crippen molar-refractivity contribution in [2.45, 2.75) is 25.8 Å². The number of hydrogen-bond acceptors (Lipinski definition) is 2. The molecular weight excluding hydrogens is 374 g/mol. The van der Waals surface area contributed by atoms with Gasteiger partial charge in [-0.25, -0.2) is 0 Å². The number of nitrogens with zero attached hydrogens (tertiary/aromatic N) is 2. The first-order chi connectivity index (χ1) is 13.6. The lowest BCUT2D eigenvalue weighted by Gasteiger charge is -2.19. The second-order valence-corrected chi connectivity index (χ2v) is 7.42. The van der Waals surface area contributed by atoms with Gasteiger partial charge in [-0.1, -0.05) is 29.8 Å². The van der Waals surface area contributed by atoms with E-state index in [4.69, 9.17) is 11.6 Å². The highest BCUT2D eigenvalue weighted by Gasteiger charge is 2.26. The molecule has 5 nitrogen and oxygen atoms in total. The summed E-state index contributed by atoms with van der Waals surface area (Å²) in [6.45, 7) is 2.01. The first-order valence-electron chi connectivity index (χ1n) is 9.55. The van der Waals surface area contributed by atoms with Gasteiger partial charge >= 0.3 is 0 Å². The fourth-order valence-corrected chi connectivity index (χ4v) is 3.87. The van der Waals surface area contributed by atoms with Crippen molar-refractivity contribution < 1.29 is 9.59 Å². The first-order valence-corrected chi connectivity index (χ1v) is 9.93. The summed E-state index contributed by atoms with van der Waals surface area (Å²) in [7, 11) is 0. The van der Waals surface area contributed by atoms with Crippen LogP contribution in [0.4, 0.5) is 5.69 Å². The predicted molar refractivity (Wildman–Crippen MR) is 112 cm³/mol. The monoisotopic (exact) mass is 395 g/mol. The minimum absolute atomic E-state index is 0.0378. The van der Waals surface area contributed by atoms with Crippen LogP contribution >= 0.6 is 11.6 Å². The van der Waals surface area contributed by atoms with E-state index >= 15 is 0 Å². The summed E-state index contributed by atoms with van der Waals surface area (Å²) < 4.78 is 2.19. The van der Waals surface area contributed by atoms with E-state index in [1.165, 1.54) is 10.9 Å². The maximum atomic E-state index is 12.7. The Labute approximate surface area is 168 Å². The molecule has 28 heavy (non-hydrogen) atoms. The van der Waals surface area contributed by atoms with Gasteiger partial charge in [-0.05, 0) is 48.6 Å². The number of anilines is 1. The van der Waals surface area contributed by atoms with Gasteiger partial charge in [0.15, 0.2) is 0 Å². The molecule has 1 N–H and O–H groups in total. The third kappa shape index (κ3) is 3.76. The molecular formula is C22H22ClN3O2. The van der Waals surface area contributed by atoms with E-state index in [1.54, 1.807) is 23.1 Å². The molecule has 2 aromatic carbocycles. The predicted octanol–water partition coefficient (Wildman–Crippen LogP) is 4.24. The van der Waals surface area contributed by atoms with Crippen LogP contribution in [0.25, 0.3) is 10.9 Å². The van der Waals surface area contributed by atoms with Gasteiger partial charge in [-0.2, -0.15) is 0 Å². The molecule has 1 aliphatic rings. The quantitative estimate of drug-likeness (QED) is 0.634. The molecule has 0 aliphatic carbocycles. The number of aryl methyl sites for hydroxylation is 1. The average molecular weight is 396 g/mol. The summed E-state index contributed by atoms with van der Waals surface area (Å²) in [6, 6.07) is 15.4. The van der Waals surface area contributed by atoms with Crippen LogP contribution in [0, 0.1) is 0 Å². The second-order valence-electron chi connectivity index (χ2n) is 6.99. The molecule has 4 rings (SSSR count). The normalized spacial score (nSPS) is 14.0. The Balaban J connectivity index is 1.39. The molecule has 0 spiro atoms. The van der Waals surface area contributed by atoms with Crippen LogP contribution in [0.2, 0.25) is 5.02 Å². The Morgan fingerprint density at radius 2 is 2.00 bits per heavy atom. The number of carbonyl (C=O) groups is 2. The molecule has 144 valence electrons. The van der Waals surface area contributed by atoms with Crippen molar-refractivity contribution in [2.24, 2.45) is 0 Å². The van der Waals surface area contributed by atoms with Crippen molar-refractivity contribution in [1.29, 1.82) is 0 Å². The van der Waals surface area contributed by atoms with E-state index in [0.29, 0.717) is 35.8 Å². The zero-order chi connectivity index (χ0) is 19.5. The molecule has 0 unspecified atom stereocenters. The van der Waals surface area contributed by atoms with E-state index in [2.05, 4.69) is 34.3 Å². The molecule has 0 atom stereocenters. The van der Waals surface area contributed by atoms with E-state index < -0.39 is 0 Å². The number of hydrogen-bond donors (Lipinski definition) is 1. The Morgan fingerprint density at radius 3 is 2.82 bits per heavy atom. The zero-order valence-corrected chi connectivity index (χ0v) is 16.3. The molecule has 1 saturated heterocycles. The van der Waals surface area contributed by atoms with Crippen molar-refractivity contribution in [2.75, 3.05) is 18.0 Å². The van der Waals surface area contributed by atoms with Crippen LogP contribution in [0.3, 0.4) is 0 Å². The largest absolute Gasteiger partial charge is 0.352 e. The third-order valence-corrected chi connectivity index (χ3v) is 5.35. The Hall–Kier alpha value is -2.79. The van der Waals surface area contributed by atoms with Crippen LogP contribution in [0.1, 0.15) is 29.6 Å². The van der Waals surface area contributed by atoms with Crippen LogP contribution < -0.4 is 10.2 Å². The highest BCUT2D eigenvalue weighted by molar-refractivity contribution is 6.31. The van der Waals surface area contributed by atoms with Gasteiger partial charge in [-0.3, -0.25) is 9.59 Å². The lowest BCUT2D eigenvalue weighted by atomic mass is 10.1. The molecule has 0 radical (unpaired) electrons. The van der Waals surface area contributed by atoms with E-state index in [0.717, 1.165) is 19.4 Å². The van der Waals surface area contributed by atoms with Crippen molar-refractivity contribution in [3.05, 3.63) is 65.3 Å². The number of carbonyl (C=O) groups excluding carboxylic acids is 2. The molecule has 1 fully saturated rings. The molecule has 2 heterocycles. The minimum atomic E-state index is -0.177. The lowest BCUT2D eigenvalue weighted by Crippen LogP contribution is -2.30. The summed E-state index contributed by atoms with van der Waals surface area (Å²) in [5, 5.41) is 4.71. The smallest absolute Gasteiger partial charge is 0.253 e. The van der Waals surface area contributed by atoms with Gasteiger partial charge in [0, 0.05) is 42.8 Å². The van der Waals surface area contributed by atoms with E-state index in [9.17, 15) is 9.59 Å². The summed E-state index contributed by atoms with van der Waals surface area (Å²) >= 11 is 6.11. The SMILES string of the molecule is O=C(NCCCn1ccc2ccccc21)c1ccc(Cl)cc1N1CCCC1=O. The highest BCUT2D eigenvalue weighted by atomic mass is 35.5. The van der Waals surface area contributed by atoms with Crippen molar-refractivity contribution in [1.82, 2.24) is 9.88 Å². The number of fused-ring (bicyclic) bond motifs is 1. The standard InChI is InChI=1S/C22H22ClN3O2/c23-17-8-9-18(20(15-17)26-13-3-7-21(26)27)22(28)24-11-4-12-25-14-10-16-5-1-2-6-19(16)25/h1-2,5-6,8-10,14-15H,3-4,7,11-13H2,(H,24,28). The summed E-state index contributed by atoms with van der Waals surface area (Å²) in [5.41, 5.74) is 2.29. The fraction of sp³-hybridized carbons (Fsp3) is 0.273. The second kappa shape index (κ2) is 8.07. The van der Waals surface area contributed by atoms with Gasteiger partial charge in [-0.15, -0.1) is 0 Å². The first kappa shape index (κ1) is 18.6. The van der Waals surface area contributed by atoms with Crippen molar-refractivity contribution in [3.8, 4) is 0 Å². The summed E-state index contributed by atoms with van der Waals surface area (Å²) in [6.07, 6.45) is 4.20. The maximum absolute atomic E-state index is 12.7. The number of aromatic nitrogens is 1. The maximum Gasteiger partial charge on any atom is 0.253 e. The number of benzene rings is 2. The molecule has 6 heteroatoms. The highest BCUT2D eigenvalue weighted by Crippen LogP contribution is 2.28. The van der Waals surface area contributed by atoms with Crippen LogP contribution in [-0.4, -0.2) is 29.5 Å². The number of nitrogens with one attached hydrogen (secondary N) is 1. The van der Waals surface area contributed by atoms with E-state index in [1.807, 2.05) is 12.1 Å². The summed E-state index contributed by atoms with van der Waals surface area (Å²) in [5.74, 6) is -0.139. The Morgan fingerprint density at radius 1 is 1.14 bits per heavy atom. The minimum Gasteiger partial charge on any atom is -0.352 e. The third-order valence-electron chi connectivity index (χ3n) is 5.11. The van der Waals surface area contributed by atoms with E-state index in [-0.39, 0.29) is 11.8 Å². The van der Waals surface area contributed by atoms with Gasteiger partial charge in [0.05, 0.1) is 11.3 Å². The van der Waals surface area contributed by atoms with Crippen LogP contribution in [0.5, 0.6) is 0 Å². The molecule has 3 aromatic rings. The van der Waals surface area contributed by atoms with Crippen molar-refractivity contribution >= 4 is 40.0 Å². The van der Waals surface area contributed by atoms with Crippen molar-refractivity contribution in [3.63, 3.8) is 0 Å². The Bertz CT molecular complexity index is 1030. The number of amides is 2. The number of halogens is 1. The molecule has 0 bridgehead atoms. The van der Waals surface area contributed by atoms with Crippen LogP contribution in [0.15, 0.2) is 54.7 Å². The summed E-state index contributed by atoms with van der Waals surface area (Å²) in [4.78, 5) is 26.5. The Kier molecular flexibility index (Phi) is 5.35. The number of para-hydroxylation sites is 1. The molecule has 1 aliphatic heterocycles. The zero-order valence-electron chi connectivity index (χ0n) is 15.5. The lowest BCUT2D eigenvalue weighted by molar-refractivity contribution is -0.117. The molecule has 0 saturated carbocycles. The van der Waals surface area contributed by atoms with Gasteiger partial charge in [0.2, 0.25) is 5.91 Å². The van der Waals surface area contributed by atoms with Gasteiger partial charge < -0.3 is 14.8 Å².